The Labute approximate surface area is 181 Å². The first kappa shape index (κ1) is 19.9. The zero-order valence-electron chi connectivity index (χ0n) is 16.8. The van der Waals surface area contributed by atoms with E-state index < -0.39 is 5.91 Å². The van der Waals surface area contributed by atoms with Gasteiger partial charge in [-0.15, -0.1) is 0 Å². The molecule has 150 valence electrons. The van der Waals surface area contributed by atoms with Crippen molar-refractivity contribution in [3.8, 4) is 11.8 Å². The summed E-state index contributed by atoms with van der Waals surface area (Å²) in [5.41, 5.74) is 2.48. The van der Waals surface area contributed by atoms with Crippen LogP contribution in [0.5, 0.6) is 5.75 Å². The number of carbonyl (C=O) groups excluding carboxylic acids is 1. The molecule has 0 aliphatic rings. The highest BCUT2D eigenvalue weighted by atomic mass is 16.5. The summed E-state index contributed by atoms with van der Waals surface area (Å²) in [5.74, 6) is 0.221. The molecule has 0 unspecified atom stereocenters. The third kappa shape index (κ3) is 4.98. The maximum Gasteiger partial charge on any atom is 0.266 e. The minimum Gasteiger partial charge on any atom is -0.489 e. The highest BCUT2D eigenvalue weighted by Crippen LogP contribution is 2.22. The van der Waals surface area contributed by atoms with E-state index in [0.717, 1.165) is 16.5 Å². The summed E-state index contributed by atoms with van der Waals surface area (Å²) in [6, 6.07) is 32.7. The Kier molecular flexibility index (Phi) is 6.06. The van der Waals surface area contributed by atoms with Crippen LogP contribution in [0.4, 0.5) is 5.69 Å². The van der Waals surface area contributed by atoms with Gasteiger partial charge in [0.1, 0.15) is 24.0 Å². The number of ether oxygens (including phenoxy) is 1. The third-order valence-electron chi connectivity index (χ3n) is 4.84. The second-order valence-corrected chi connectivity index (χ2v) is 6.99. The fourth-order valence-corrected chi connectivity index (χ4v) is 3.31. The van der Waals surface area contributed by atoms with Gasteiger partial charge in [0.05, 0.1) is 0 Å². The molecule has 4 rings (SSSR count). The van der Waals surface area contributed by atoms with Crippen molar-refractivity contribution in [2.24, 2.45) is 0 Å². The number of nitrogens with one attached hydrogen (secondary N) is 1. The lowest BCUT2D eigenvalue weighted by atomic mass is 10.1. The molecule has 0 radical (unpaired) electrons. The second kappa shape index (κ2) is 9.43. The molecule has 4 aromatic carbocycles. The van der Waals surface area contributed by atoms with Crippen molar-refractivity contribution in [2.45, 2.75) is 6.61 Å². The van der Waals surface area contributed by atoms with E-state index in [1.165, 1.54) is 5.39 Å². The highest BCUT2D eigenvalue weighted by Gasteiger charge is 2.10. The average molecular weight is 404 g/mol. The van der Waals surface area contributed by atoms with Crippen LogP contribution in [0.15, 0.2) is 103 Å². The van der Waals surface area contributed by atoms with Crippen molar-refractivity contribution in [1.82, 2.24) is 0 Å². The van der Waals surface area contributed by atoms with Crippen LogP contribution in [0.1, 0.15) is 11.1 Å². The summed E-state index contributed by atoms with van der Waals surface area (Å²) >= 11 is 0. The molecule has 0 aliphatic carbocycles. The molecule has 0 spiro atoms. The van der Waals surface area contributed by atoms with Gasteiger partial charge in [-0.25, -0.2) is 0 Å². The lowest BCUT2D eigenvalue weighted by molar-refractivity contribution is -0.112. The van der Waals surface area contributed by atoms with Gasteiger partial charge in [0.2, 0.25) is 0 Å². The van der Waals surface area contributed by atoms with Gasteiger partial charge in [-0.05, 0) is 52.2 Å². The van der Waals surface area contributed by atoms with Gasteiger partial charge in [-0.3, -0.25) is 4.79 Å². The van der Waals surface area contributed by atoms with Crippen LogP contribution in [-0.2, 0) is 11.4 Å². The molecule has 0 bridgehead atoms. The normalized spacial score (nSPS) is 11.0. The van der Waals surface area contributed by atoms with Gasteiger partial charge < -0.3 is 10.1 Å². The fraction of sp³-hybridized carbons (Fsp3) is 0.0370. The Bertz CT molecular complexity index is 1280. The first-order chi connectivity index (χ1) is 15.2. The number of anilines is 1. The van der Waals surface area contributed by atoms with Crippen molar-refractivity contribution in [2.75, 3.05) is 5.32 Å². The third-order valence-corrected chi connectivity index (χ3v) is 4.84. The van der Waals surface area contributed by atoms with E-state index in [2.05, 4.69) is 23.5 Å². The summed E-state index contributed by atoms with van der Waals surface area (Å²) in [6.45, 7) is 0.425. The molecule has 1 N–H and O–H groups in total. The standard InChI is InChI=1S/C27H20N2O2/c28-18-23(27(30)29-24-12-2-1-3-13-24)16-20-8-6-14-25(17-20)31-19-22-11-7-10-21-9-4-5-15-26(21)22/h1-17H,19H2,(H,29,30)/b23-16+. The molecule has 0 saturated carbocycles. The van der Waals surface area contributed by atoms with E-state index >= 15 is 0 Å². The lowest BCUT2D eigenvalue weighted by Gasteiger charge is -2.10. The van der Waals surface area contributed by atoms with Crippen LogP contribution in [-0.4, -0.2) is 5.91 Å². The average Bonchev–Trinajstić information content (AvgIpc) is 2.82. The number of benzene rings is 4. The van der Waals surface area contributed by atoms with Gasteiger partial charge in [0.25, 0.3) is 5.91 Å². The Morgan fingerprint density at radius 2 is 1.65 bits per heavy atom. The van der Waals surface area contributed by atoms with Crippen molar-refractivity contribution in [3.05, 3.63) is 114 Å². The number of fused-ring (bicyclic) bond motifs is 1. The van der Waals surface area contributed by atoms with Crippen LogP contribution in [0, 0.1) is 11.3 Å². The zero-order valence-corrected chi connectivity index (χ0v) is 16.8. The van der Waals surface area contributed by atoms with Gasteiger partial charge >= 0.3 is 0 Å². The molecule has 0 atom stereocenters. The number of hydrogen-bond donors (Lipinski definition) is 1. The number of para-hydroxylation sites is 1. The summed E-state index contributed by atoms with van der Waals surface area (Å²) in [5, 5.41) is 14.5. The lowest BCUT2D eigenvalue weighted by Crippen LogP contribution is -2.13. The van der Waals surface area contributed by atoms with Crippen molar-refractivity contribution >= 4 is 28.4 Å². The van der Waals surface area contributed by atoms with Crippen LogP contribution >= 0.6 is 0 Å². The first-order valence-electron chi connectivity index (χ1n) is 9.90. The van der Waals surface area contributed by atoms with Crippen LogP contribution in [0.3, 0.4) is 0 Å². The van der Waals surface area contributed by atoms with Crippen LogP contribution in [0.25, 0.3) is 16.8 Å². The number of amides is 1. The molecule has 1 amide bonds. The van der Waals surface area contributed by atoms with Crippen LogP contribution < -0.4 is 10.1 Å². The van der Waals surface area contributed by atoms with Crippen molar-refractivity contribution < 1.29 is 9.53 Å². The minimum atomic E-state index is -0.448. The summed E-state index contributed by atoms with van der Waals surface area (Å²) in [7, 11) is 0. The fourth-order valence-electron chi connectivity index (χ4n) is 3.31. The summed E-state index contributed by atoms with van der Waals surface area (Å²) in [4.78, 5) is 12.4. The number of hydrogen-bond acceptors (Lipinski definition) is 3. The Morgan fingerprint density at radius 3 is 2.48 bits per heavy atom. The van der Waals surface area contributed by atoms with E-state index in [1.807, 2.05) is 72.8 Å². The minimum absolute atomic E-state index is 0.0232. The van der Waals surface area contributed by atoms with Gasteiger partial charge in [-0.1, -0.05) is 72.8 Å². The summed E-state index contributed by atoms with van der Waals surface area (Å²) < 4.78 is 6.00. The molecule has 0 saturated heterocycles. The second-order valence-electron chi connectivity index (χ2n) is 6.99. The number of nitriles is 1. The molecule has 4 heteroatoms. The smallest absolute Gasteiger partial charge is 0.266 e. The molecular weight excluding hydrogens is 384 g/mol. The monoisotopic (exact) mass is 404 g/mol. The van der Waals surface area contributed by atoms with E-state index in [0.29, 0.717) is 18.0 Å². The van der Waals surface area contributed by atoms with Gasteiger partial charge in [0.15, 0.2) is 0 Å². The Balaban J connectivity index is 1.49. The SMILES string of the molecule is N#C/C(=C\c1cccc(OCc2cccc3ccccc23)c1)C(=O)Nc1ccccc1. The topological polar surface area (TPSA) is 62.1 Å². The summed E-state index contributed by atoms with van der Waals surface area (Å²) in [6.07, 6.45) is 1.56. The zero-order chi connectivity index (χ0) is 21.5. The van der Waals surface area contributed by atoms with E-state index in [1.54, 1.807) is 18.2 Å². The first-order valence-corrected chi connectivity index (χ1v) is 9.90. The maximum atomic E-state index is 12.4. The molecule has 0 fully saturated rings. The van der Waals surface area contributed by atoms with Crippen molar-refractivity contribution in [3.63, 3.8) is 0 Å². The highest BCUT2D eigenvalue weighted by molar-refractivity contribution is 6.09. The Hall–Kier alpha value is -4.36. The van der Waals surface area contributed by atoms with Crippen LogP contribution in [0.2, 0.25) is 0 Å². The van der Waals surface area contributed by atoms with E-state index in [-0.39, 0.29) is 5.57 Å². The predicted octanol–water partition coefficient (Wildman–Crippen LogP) is 5.96. The predicted molar refractivity (Wildman–Crippen MR) is 123 cm³/mol. The molecule has 0 aliphatic heterocycles. The van der Waals surface area contributed by atoms with Crippen molar-refractivity contribution in [1.29, 1.82) is 5.26 Å². The molecule has 4 aromatic rings. The quantitative estimate of drug-likeness (QED) is 0.318. The number of carbonyl (C=O) groups is 1. The molecular formula is C27H20N2O2. The maximum absolute atomic E-state index is 12.4. The Morgan fingerprint density at radius 1 is 0.903 bits per heavy atom. The van der Waals surface area contributed by atoms with E-state index in [4.69, 9.17) is 4.74 Å². The van der Waals surface area contributed by atoms with E-state index in [9.17, 15) is 10.1 Å². The molecule has 0 heterocycles. The largest absolute Gasteiger partial charge is 0.489 e. The van der Waals surface area contributed by atoms with Gasteiger partial charge in [0, 0.05) is 5.69 Å². The molecule has 31 heavy (non-hydrogen) atoms. The van der Waals surface area contributed by atoms with Gasteiger partial charge in [-0.2, -0.15) is 5.26 Å². The molecule has 4 nitrogen and oxygen atoms in total. The molecule has 0 aromatic heterocycles. The number of rotatable bonds is 6. The number of nitrogens with zero attached hydrogens (tertiary/aromatic N) is 1.